The van der Waals surface area contributed by atoms with Gasteiger partial charge in [0.25, 0.3) is 0 Å². The first-order valence-electron chi connectivity index (χ1n) is 17.8. The van der Waals surface area contributed by atoms with E-state index in [9.17, 15) is 4.79 Å². The number of hydrogen-bond acceptors (Lipinski definition) is 7. The molecule has 2 heterocycles. The number of ketones is 1. The Morgan fingerprint density at radius 3 is 1.27 bits per heavy atom. The number of anilines is 2. The highest BCUT2D eigenvalue weighted by Crippen LogP contribution is 2.49. The molecular formula is C42H48N2O5. The molecule has 0 N–H and O–H groups in total. The number of benzene rings is 4. The predicted molar refractivity (Wildman–Crippen MR) is 192 cm³/mol. The summed E-state index contributed by atoms with van der Waals surface area (Å²) in [6, 6.07) is 37.9. The van der Waals surface area contributed by atoms with Crippen LogP contribution in [-0.2, 0) is 36.8 Å². The lowest BCUT2D eigenvalue weighted by Crippen LogP contribution is -2.58. The number of carbonyl (C=O) groups excluding carboxylic acids is 1. The summed E-state index contributed by atoms with van der Waals surface area (Å²) in [6.45, 7) is 9.24. The van der Waals surface area contributed by atoms with E-state index in [2.05, 4.69) is 121 Å². The molecule has 2 spiro atoms. The van der Waals surface area contributed by atoms with Crippen molar-refractivity contribution in [3.63, 3.8) is 0 Å². The maximum absolute atomic E-state index is 14.2. The Morgan fingerprint density at radius 1 is 0.551 bits per heavy atom. The van der Waals surface area contributed by atoms with Crippen LogP contribution in [0.3, 0.4) is 0 Å². The minimum absolute atomic E-state index is 0.160. The lowest BCUT2D eigenvalue weighted by Gasteiger charge is -2.50. The van der Waals surface area contributed by atoms with E-state index in [-0.39, 0.29) is 5.78 Å². The van der Waals surface area contributed by atoms with Crippen LogP contribution in [0.5, 0.6) is 0 Å². The number of nitrogens with zero attached hydrogens (tertiary/aromatic N) is 2. The standard InChI is InChI=1S/C42H48N2O5/c1-3-43(26-32-12-7-5-8-13-32)36-20-16-34(17-21-36)38-46-28-41(29-47-38)24-11-25-42(40(41)45)30-48-39(49-31-42)35-18-22-37(23-19-35)44(4-2)27-33-14-9-6-10-15-33/h5-10,12-23,38-39H,3-4,11,24-31H2,1-2H3. The van der Waals surface area contributed by atoms with Crippen LogP contribution in [0, 0.1) is 10.8 Å². The van der Waals surface area contributed by atoms with Crippen molar-refractivity contribution in [2.24, 2.45) is 10.8 Å². The molecule has 7 nitrogen and oxygen atoms in total. The largest absolute Gasteiger partial charge is 0.367 e. The maximum atomic E-state index is 14.2. The van der Waals surface area contributed by atoms with Gasteiger partial charge in [0.2, 0.25) is 0 Å². The van der Waals surface area contributed by atoms with Crippen LogP contribution in [-0.4, -0.2) is 45.3 Å². The van der Waals surface area contributed by atoms with Gasteiger partial charge in [-0.05, 0) is 62.1 Å². The Bertz CT molecular complexity index is 1520. The molecule has 0 unspecified atom stereocenters. The molecule has 256 valence electrons. The van der Waals surface area contributed by atoms with Gasteiger partial charge in [-0.3, -0.25) is 4.79 Å². The van der Waals surface area contributed by atoms with Crippen molar-refractivity contribution in [1.29, 1.82) is 0 Å². The number of Topliss-reactive ketones (excluding diaryl/α,β-unsaturated/α-hetero) is 1. The Morgan fingerprint density at radius 2 is 0.918 bits per heavy atom. The zero-order valence-corrected chi connectivity index (χ0v) is 28.8. The van der Waals surface area contributed by atoms with Crippen LogP contribution in [0.2, 0.25) is 0 Å². The molecule has 0 aromatic heterocycles. The fourth-order valence-electron chi connectivity index (χ4n) is 7.67. The Kier molecular flexibility index (Phi) is 10.1. The van der Waals surface area contributed by atoms with Gasteiger partial charge in [0, 0.05) is 48.7 Å². The van der Waals surface area contributed by atoms with Gasteiger partial charge < -0.3 is 28.7 Å². The molecule has 4 aromatic rings. The van der Waals surface area contributed by atoms with Crippen molar-refractivity contribution >= 4 is 17.2 Å². The van der Waals surface area contributed by atoms with Gasteiger partial charge in [-0.2, -0.15) is 0 Å². The average Bonchev–Trinajstić information content (AvgIpc) is 3.17. The first-order chi connectivity index (χ1) is 24.0. The lowest BCUT2D eigenvalue weighted by molar-refractivity contribution is -0.261. The molecule has 1 aliphatic carbocycles. The zero-order chi connectivity index (χ0) is 33.7. The first-order valence-corrected chi connectivity index (χ1v) is 17.8. The summed E-state index contributed by atoms with van der Waals surface area (Å²) in [5, 5.41) is 0. The van der Waals surface area contributed by atoms with E-state index in [0.717, 1.165) is 67.9 Å². The topological polar surface area (TPSA) is 60.5 Å². The smallest absolute Gasteiger partial charge is 0.183 e. The molecule has 2 aliphatic heterocycles. The highest BCUT2D eigenvalue weighted by atomic mass is 16.7. The quantitative estimate of drug-likeness (QED) is 0.170. The van der Waals surface area contributed by atoms with Gasteiger partial charge in [-0.1, -0.05) is 91.3 Å². The summed E-state index contributed by atoms with van der Waals surface area (Å²) in [5.74, 6) is 0.160. The van der Waals surface area contributed by atoms with Gasteiger partial charge in [0.15, 0.2) is 18.4 Å². The second-order valence-corrected chi connectivity index (χ2v) is 13.8. The Labute approximate surface area is 290 Å². The molecule has 7 heteroatoms. The first kappa shape index (κ1) is 33.5. The van der Waals surface area contributed by atoms with Gasteiger partial charge >= 0.3 is 0 Å². The number of carbonyl (C=O) groups is 1. The van der Waals surface area contributed by atoms with Crippen molar-refractivity contribution in [2.75, 3.05) is 49.3 Å². The van der Waals surface area contributed by atoms with E-state index in [1.165, 1.54) is 11.1 Å². The van der Waals surface area contributed by atoms with Crippen molar-refractivity contribution in [2.45, 2.75) is 58.8 Å². The van der Waals surface area contributed by atoms with Crippen molar-refractivity contribution in [1.82, 2.24) is 0 Å². The number of ether oxygens (including phenoxy) is 4. The van der Waals surface area contributed by atoms with E-state index >= 15 is 0 Å². The van der Waals surface area contributed by atoms with Crippen LogP contribution in [0.15, 0.2) is 109 Å². The molecule has 4 aromatic carbocycles. The highest BCUT2D eigenvalue weighted by Gasteiger charge is 2.57. The van der Waals surface area contributed by atoms with Crippen LogP contribution in [0.25, 0.3) is 0 Å². The molecule has 7 rings (SSSR count). The lowest BCUT2D eigenvalue weighted by atomic mass is 9.61. The molecule has 0 amide bonds. The molecule has 3 aliphatic rings. The number of hydrogen-bond donors (Lipinski definition) is 0. The van der Waals surface area contributed by atoms with E-state index in [1.807, 2.05) is 12.1 Å². The normalized spacial score (nSPS) is 25.4. The third-order valence-electron chi connectivity index (χ3n) is 10.6. The van der Waals surface area contributed by atoms with Crippen LogP contribution >= 0.6 is 0 Å². The molecule has 0 radical (unpaired) electrons. The van der Waals surface area contributed by atoms with Gasteiger partial charge in [0.1, 0.15) is 0 Å². The van der Waals surface area contributed by atoms with Gasteiger partial charge in [-0.15, -0.1) is 0 Å². The monoisotopic (exact) mass is 660 g/mol. The second-order valence-electron chi connectivity index (χ2n) is 13.8. The van der Waals surface area contributed by atoms with E-state index < -0.39 is 23.4 Å². The Balaban J connectivity index is 0.942. The fourth-order valence-corrected chi connectivity index (χ4v) is 7.67. The fraction of sp³-hybridized carbons (Fsp3) is 0.405. The van der Waals surface area contributed by atoms with E-state index in [0.29, 0.717) is 26.4 Å². The van der Waals surface area contributed by atoms with Crippen molar-refractivity contribution < 1.29 is 23.7 Å². The summed E-state index contributed by atoms with van der Waals surface area (Å²) in [5.41, 5.74) is 5.46. The summed E-state index contributed by atoms with van der Waals surface area (Å²) < 4.78 is 25.2. The summed E-state index contributed by atoms with van der Waals surface area (Å²) in [7, 11) is 0. The minimum atomic E-state index is -0.674. The van der Waals surface area contributed by atoms with Crippen LogP contribution < -0.4 is 9.80 Å². The van der Waals surface area contributed by atoms with Gasteiger partial charge in [0.05, 0.1) is 37.3 Å². The maximum Gasteiger partial charge on any atom is 0.183 e. The molecule has 3 fully saturated rings. The zero-order valence-electron chi connectivity index (χ0n) is 28.8. The molecule has 1 saturated carbocycles. The minimum Gasteiger partial charge on any atom is -0.367 e. The average molecular weight is 661 g/mol. The molecule has 0 atom stereocenters. The predicted octanol–water partition coefficient (Wildman–Crippen LogP) is 8.26. The third kappa shape index (κ3) is 7.17. The summed E-state index contributed by atoms with van der Waals surface area (Å²) >= 11 is 0. The van der Waals surface area contributed by atoms with Crippen molar-refractivity contribution in [3.05, 3.63) is 131 Å². The molecule has 0 bridgehead atoms. The Hall–Kier alpha value is -4.01. The molecule has 2 saturated heterocycles. The highest BCUT2D eigenvalue weighted by molar-refractivity contribution is 5.92. The third-order valence-corrected chi connectivity index (χ3v) is 10.6. The summed E-state index contributed by atoms with van der Waals surface area (Å²) in [4.78, 5) is 18.9. The number of rotatable bonds is 10. The molecule has 49 heavy (non-hydrogen) atoms. The second kappa shape index (κ2) is 14.9. The van der Waals surface area contributed by atoms with Gasteiger partial charge in [-0.25, -0.2) is 0 Å². The van der Waals surface area contributed by atoms with Crippen molar-refractivity contribution in [3.8, 4) is 0 Å². The van der Waals surface area contributed by atoms with E-state index in [1.54, 1.807) is 0 Å². The summed E-state index contributed by atoms with van der Waals surface area (Å²) in [6.07, 6.45) is 1.44. The molecular weight excluding hydrogens is 612 g/mol. The van der Waals surface area contributed by atoms with Crippen LogP contribution in [0.4, 0.5) is 11.4 Å². The van der Waals surface area contributed by atoms with Crippen LogP contribution in [0.1, 0.15) is 67.9 Å². The SMILES string of the molecule is CCN(Cc1ccccc1)c1ccc(C2OCC3(CCCC4(COC(c5ccc(N(CC)Cc6ccccc6)cc5)OC4)C3=O)CO2)cc1. The van der Waals surface area contributed by atoms with E-state index in [4.69, 9.17) is 18.9 Å².